The van der Waals surface area contributed by atoms with Crippen molar-refractivity contribution in [2.24, 2.45) is 0 Å². The minimum absolute atomic E-state index is 0. The van der Waals surface area contributed by atoms with E-state index in [1.165, 1.54) is 44.9 Å². The van der Waals surface area contributed by atoms with E-state index in [1.54, 1.807) is 0 Å². The smallest absolute Gasteiger partial charge is 0.225 e. The molecule has 2 atom stereocenters. The van der Waals surface area contributed by atoms with Gasteiger partial charge in [-0.2, -0.15) is 10.7 Å². The Morgan fingerprint density at radius 3 is 1.97 bits per heavy atom. The number of aromatic nitrogens is 2. The second-order valence-electron chi connectivity index (χ2n) is 19.4. The topological polar surface area (TPSA) is 27.1 Å². The molecule has 1 unspecified atom stereocenters. The monoisotopic (exact) mass is 994 g/mol. The predicted octanol–water partition coefficient (Wildman–Crippen LogP) is 15.2. The second-order valence-corrected chi connectivity index (χ2v) is 19.4. The Morgan fingerprint density at radius 1 is 0.597 bits per heavy atom. The fourth-order valence-corrected chi connectivity index (χ4v) is 9.53. The average Bonchev–Trinajstić information content (AvgIpc) is 3.76. The molecule has 2 aromatic heterocycles. The van der Waals surface area contributed by atoms with Gasteiger partial charge in [0.2, 0.25) is 11.4 Å². The molecule has 2 aliphatic heterocycles. The first-order valence-electron chi connectivity index (χ1n) is 21.9. The van der Waals surface area contributed by atoms with Crippen LogP contribution in [0.5, 0.6) is 11.5 Å². The molecule has 0 aliphatic carbocycles. The quantitative estimate of drug-likeness (QED) is 0.0819. The molecule has 6 aromatic carbocycles. The van der Waals surface area contributed by atoms with Gasteiger partial charge < -0.3 is 9.30 Å². The summed E-state index contributed by atoms with van der Waals surface area (Å²) in [4.78, 5) is 4.96. The van der Waals surface area contributed by atoms with Crippen LogP contribution in [0.4, 0.5) is 22.7 Å². The molecule has 8 aromatic rings. The molecule has 0 radical (unpaired) electrons. The van der Waals surface area contributed by atoms with Crippen LogP contribution in [0.1, 0.15) is 91.8 Å². The zero-order valence-electron chi connectivity index (χ0n) is 37.3. The maximum absolute atomic E-state index is 6.94. The molecule has 10 rings (SSSR count). The molecule has 2 aliphatic rings. The van der Waals surface area contributed by atoms with Crippen LogP contribution in [0, 0.1) is 18.8 Å². The molecule has 0 amide bonds. The van der Waals surface area contributed by atoms with Crippen molar-refractivity contribution >= 4 is 44.6 Å². The fraction of sp³-hybridized carbons (Fsp3) is 0.250. The van der Waals surface area contributed by atoms with Crippen molar-refractivity contribution in [1.29, 1.82) is 0 Å². The third kappa shape index (κ3) is 6.42. The van der Waals surface area contributed by atoms with Crippen LogP contribution < -0.4 is 13.9 Å². The van der Waals surface area contributed by atoms with Gasteiger partial charge in [-0.05, 0) is 74.9 Å². The normalized spacial score (nSPS) is 18.1. The van der Waals surface area contributed by atoms with Crippen molar-refractivity contribution in [1.82, 2.24) is 18.7 Å². The Hall–Kier alpha value is -5.32. The van der Waals surface area contributed by atoms with E-state index in [1.807, 2.05) is 12.3 Å². The third-order valence-corrected chi connectivity index (χ3v) is 13.8. The summed E-state index contributed by atoms with van der Waals surface area (Å²) in [5.41, 5.74) is 13.0. The van der Waals surface area contributed by atoms with Crippen LogP contribution in [0.3, 0.4) is 0 Å². The first-order valence-corrected chi connectivity index (χ1v) is 21.9. The van der Waals surface area contributed by atoms with Crippen LogP contribution in [0.2, 0.25) is 0 Å². The van der Waals surface area contributed by atoms with E-state index in [4.69, 9.17) is 9.72 Å². The van der Waals surface area contributed by atoms with Gasteiger partial charge in [0.05, 0.1) is 5.69 Å². The van der Waals surface area contributed by atoms with Gasteiger partial charge in [0, 0.05) is 68.5 Å². The van der Waals surface area contributed by atoms with Gasteiger partial charge in [0.25, 0.3) is 0 Å². The Labute approximate surface area is 382 Å². The van der Waals surface area contributed by atoms with E-state index in [2.05, 4.69) is 213 Å². The Bertz CT molecular complexity index is 3010. The second kappa shape index (κ2) is 14.9. The van der Waals surface area contributed by atoms with Crippen molar-refractivity contribution in [3.63, 3.8) is 0 Å². The molecule has 1 fully saturated rings. The van der Waals surface area contributed by atoms with Crippen molar-refractivity contribution in [3.8, 4) is 28.4 Å². The van der Waals surface area contributed by atoms with E-state index in [0.717, 1.165) is 46.2 Å². The summed E-state index contributed by atoms with van der Waals surface area (Å²) in [6, 6.07) is 56.1. The maximum atomic E-state index is 6.94. The summed E-state index contributed by atoms with van der Waals surface area (Å²) in [6.07, 6.45) is 4.06. The number of quaternary nitrogens is 2. The van der Waals surface area contributed by atoms with Gasteiger partial charge in [-0.25, -0.2) is 9.58 Å². The minimum atomic E-state index is -0.148. The number of pyridine rings is 1. The number of ether oxygens (including phenoxy) is 1. The van der Waals surface area contributed by atoms with Gasteiger partial charge >= 0.3 is 0 Å². The summed E-state index contributed by atoms with van der Waals surface area (Å²) in [6.45, 7) is 23.1. The summed E-state index contributed by atoms with van der Waals surface area (Å²) >= 11 is 0. The van der Waals surface area contributed by atoms with Crippen LogP contribution >= 0.6 is 0 Å². The van der Waals surface area contributed by atoms with Gasteiger partial charge in [0.1, 0.15) is 5.82 Å². The van der Waals surface area contributed by atoms with Gasteiger partial charge in [-0.3, -0.25) is 0 Å². The first-order chi connectivity index (χ1) is 29.2. The van der Waals surface area contributed by atoms with Gasteiger partial charge in [-0.1, -0.05) is 141 Å². The number of hydrogen-bond acceptors (Lipinski definition) is 2. The molecule has 1 saturated heterocycles. The number of para-hydroxylation sites is 3. The van der Waals surface area contributed by atoms with Crippen molar-refractivity contribution < 1.29 is 25.8 Å². The molecule has 0 bridgehead atoms. The van der Waals surface area contributed by atoms with Gasteiger partial charge in [0.15, 0.2) is 12.4 Å². The summed E-state index contributed by atoms with van der Waals surface area (Å²) in [5.74, 6) is 2.20. The molecule has 4 heterocycles. The fourth-order valence-electron chi connectivity index (χ4n) is 9.53. The van der Waals surface area contributed by atoms with Crippen molar-refractivity contribution in [3.05, 3.63) is 175 Å². The van der Waals surface area contributed by atoms with E-state index in [-0.39, 0.29) is 37.3 Å². The van der Waals surface area contributed by atoms with Crippen molar-refractivity contribution in [2.75, 3.05) is 0 Å². The molecule has 6 heteroatoms. The molecule has 0 N–H and O–H groups in total. The van der Waals surface area contributed by atoms with Crippen LogP contribution in [-0.4, -0.2) is 9.55 Å². The summed E-state index contributed by atoms with van der Waals surface area (Å²) < 4.78 is 10.3. The van der Waals surface area contributed by atoms with E-state index >= 15 is 0 Å². The average molecular weight is 995 g/mol. The largest absolute Gasteiger partial charge is 0.509 e. The molecule has 5 nitrogen and oxygen atoms in total. The Kier molecular flexibility index (Phi) is 10.1. The molecule has 0 saturated carbocycles. The van der Waals surface area contributed by atoms with E-state index < -0.39 is 0 Å². The Morgan fingerprint density at radius 2 is 1.26 bits per heavy atom. The van der Waals surface area contributed by atoms with Crippen molar-refractivity contribution in [2.45, 2.75) is 91.4 Å². The zero-order valence-corrected chi connectivity index (χ0v) is 39.6. The van der Waals surface area contributed by atoms with Crippen LogP contribution in [0.25, 0.3) is 38.8 Å². The number of fused-ring (bicyclic) bond motifs is 7. The minimum Gasteiger partial charge on any atom is -0.509 e. The number of hydrogen-bond donors (Lipinski definition) is 0. The number of rotatable bonds is 9. The van der Waals surface area contributed by atoms with Crippen LogP contribution in [0.15, 0.2) is 140 Å². The predicted molar refractivity (Wildman–Crippen MR) is 254 cm³/mol. The molecule has 0 spiro atoms. The summed E-state index contributed by atoms with van der Waals surface area (Å²) in [5, 5.41) is 2.27. The standard InChI is InChI=1S/C56H55N4O.Pt/c1-10-56(9,11-2)40-27-28-57-53(34-40)58-49-22-16-15-21-47(49)48-26-25-45(36-50(48)58)61-46-33-42(55(6,7)8)32-44(35-46)60-37-59(60,51-23-17-18-24-52(51)60)43-30-39(38-19-13-12-14-20-38)29-41(31-43)54(3,4)5;/h12-34,37H,10-11H2,1-9H3;/q-1;/t59-,60?;/m0./s1. The number of nitrogens with zero attached hydrogens (tertiary/aromatic N) is 4. The molecular formula is C56H55N4OPt-. The molecule has 62 heavy (non-hydrogen) atoms. The van der Waals surface area contributed by atoms with Gasteiger partial charge in [-0.15, -0.1) is 35.2 Å². The molecular weight excluding hydrogens is 940 g/mol. The SMILES string of the molecule is CCC(C)(CC)c1ccnc(-n2c3[c-]c(Oc4[c-]c([N+]56[CH-][N@+]5(c5cc(-c7ccccc7)cc(C(C)(C)C)c5)c5ccccc56)cc(C(C)(C)C)c4)ccc3c3ccccc32)c1.[Pt]. The first kappa shape index (κ1) is 42.0. The summed E-state index contributed by atoms with van der Waals surface area (Å²) in [7, 11) is 0. The maximum Gasteiger partial charge on any atom is 0.225 e. The third-order valence-electron chi connectivity index (χ3n) is 13.8. The zero-order chi connectivity index (χ0) is 42.5. The molecule has 316 valence electrons. The van der Waals surface area contributed by atoms with Crippen LogP contribution in [-0.2, 0) is 37.3 Å². The van der Waals surface area contributed by atoms with E-state index in [9.17, 15) is 0 Å². The Balaban J connectivity index is 0.00000490. The van der Waals surface area contributed by atoms with E-state index in [0.29, 0.717) is 20.7 Å². The number of benzene rings is 6.